The molecule has 0 fully saturated rings. The van der Waals surface area contributed by atoms with Gasteiger partial charge < -0.3 is 19.1 Å². The molecule has 4 rings (SSSR count). The minimum Gasteiger partial charge on any atom is -0.445 e. The van der Waals surface area contributed by atoms with Crippen LogP contribution < -0.4 is 5.32 Å². The van der Waals surface area contributed by atoms with Crippen LogP contribution in [0.25, 0.3) is 0 Å². The van der Waals surface area contributed by atoms with Crippen molar-refractivity contribution in [3.63, 3.8) is 0 Å². The summed E-state index contributed by atoms with van der Waals surface area (Å²) in [6.07, 6.45) is -0.459. The first-order valence-corrected chi connectivity index (χ1v) is 13.7. The molecule has 0 bridgehead atoms. The smallest absolute Gasteiger partial charge is 0.408 e. The minimum absolute atomic E-state index is 0.0684. The molecule has 0 aromatic heterocycles. The third-order valence-electron chi connectivity index (χ3n) is 5.66. The van der Waals surface area contributed by atoms with Gasteiger partial charge in [0.1, 0.15) is 12.4 Å². The first-order valence-electron chi connectivity index (χ1n) is 12.1. The standard InChI is InChI=1S/C30H30NO5P/c32-30(34-22-26-15-7-2-8-16-26)31-29(21-25-13-5-1-6-14-25)37(33,35-23-27-17-9-3-10-18-27)36-24-28-19-11-4-12-20-28/h1-20,29H,21-24H2,(H,31,32)/t29-/m0/s1. The van der Waals surface area contributed by atoms with E-state index in [4.69, 9.17) is 13.8 Å². The van der Waals surface area contributed by atoms with Gasteiger partial charge in [-0.3, -0.25) is 4.57 Å². The summed E-state index contributed by atoms with van der Waals surface area (Å²) < 4.78 is 31.8. The minimum atomic E-state index is -3.89. The van der Waals surface area contributed by atoms with Crippen molar-refractivity contribution >= 4 is 13.7 Å². The summed E-state index contributed by atoms with van der Waals surface area (Å²) in [4.78, 5) is 12.8. The quantitative estimate of drug-likeness (QED) is 0.204. The zero-order valence-electron chi connectivity index (χ0n) is 20.4. The summed E-state index contributed by atoms with van der Waals surface area (Å²) in [5.41, 5.74) is 3.41. The second-order valence-electron chi connectivity index (χ2n) is 8.47. The molecular weight excluding hydrogens is 485 g/mol. The van der Waals surface area contributed by atoms with Crippen molar-refractivity contribution in [2.75, 3.05) is 0 Å². The zero-order valence-corrected chi connectivity index (χ0v) is 21.3. The van der Waals surface area contributed by atoms with E-state index in [1.165, 1.54) is 0 Å². The predicted molar refractivity (Wildman–Crippen MR) is 144 cm³/mol. The Morgan fingerprint density at radius 3 is 1.41 bits per heavy atom. The maximum absolute atomic E-state index is 14.4. The molecule has 0 unspecified atom stereocenters. The molecular formula is C30H30NO5P. The SMILES string of the molecule is O=C(N[C@H](Cc1ccccc1)P(=O)(OCc1ccccc1)OCc1ccccc1)OCc1ccccc1. The lowest BCUT2D eigenvalue weighted by atomic mass is 10.1. The van der Waals surface area contributed by atoms with E-state index in [-0.39, 0.29) is 26.2 Å². The van der Waals surface area contributed by atoms with Crippen LogP contribution in [0.15, 0.2) is 121 Å². The fourth-order valence-corrected chi connectivity index (χ4v) is 5.47. The summed E-state index contributed by atoms with van der Waals surface area (Å²) >= 11 is 0. The number of hydrogen-bond acceptors (Lipinski definition) is 5. The second kappa shape index (κ2) is 13.6. The average Bonchev–Trinajstić information content (AvgIpc) is 2.96. The second-order valence-corrected chi connectivity index (χ2v) is 10.7. The van der Waals surface area contributed by atoms with Crippen molar-refractivity contribution in [1.29, 1.82) is 0 Å². The first-order chi connectivity index (χ1) is 18.1. The fourth-order valence-electron chi connectivity index (χ4n) is 3.67. The number of nitrogens with one attached hydrogen (secondary N) is 1. The number of amides is 1. The van der Waals surface area contributed by atoms with Crippen LogP contribution in [-0.4, -0.2) is 11.9 Å². The maximum atomic E-state index is 14.4. The van der Waals surface area contributed by atoms with Crippen molar-refractivity contribution < 1.29 is 23.1 Å². The number of ether oxygens (including phenoxy) is 1. The monoisotopic (exact) mass is 515 g/mol. The Bertz CT molecular complexity index is 1220. The van der Waals surface area contributed by atoms with Gasteiger partial charge in [-0.05, 0) is 22.3 Å². The Balaban J connectivity index is 1.55. The molecule has 0 aliphatic carbocycles. The molecule has 4 aromatic rings. The summed E-state index contributed by atoms with van der Waals surface area (Å²) in [5, 5.41) is 2.77. The molecule has 1 atom stereocenters. The molecule has 0 saturated heterocycles. The number of carbonyl (C=O) groups is 1. The van der Waals surface area contributed by atoms with E-state index in [2.05, 4.69) is 5.32 Å². The lowest BCUT2D eigenvalue weighted by molar-refractivity contribution is 0.132. The van der Waals surface area contributed by atoms with Crippen molar-refractivity contribution in [2.45, 2.75) is 32.0 Å². The number of carbonyl (C=O) groups excluding carboxylic acids is 1. The normalized spacial score (nSPS) is 12.0. The van der Waals surface area contributed by atoms with E-state index in [1.54, 1.807) is 0 Å². The lowest BCUT2D eigenvalue weighted by Gasteiger charge is -2.28. The van der Waals surface area contributed by atoms with Crippen LogP contribution in [0, 0.1) is 0 Å². The van der Waals surface area contributed by atoms with Gasteiger partial charge in [0.25, 0.3) is 0 Å². The molecule has 1 amide bonds. The van der Waals surface area contributed by atoms with Gasteiger partial charge in [-0.25, -0.2) is 4.79 Å². The molecule has 7 heteroatoms. The van der Waals surface area contributed by atoms with E-state index in [0.29, 0.717) is 0 Å². The van der Waals surface area contributed by atoms with Crippen molar-refractivity contribution in [1.82, 2.24) is 5.32 Å². The maximum Gasteiger partial charge on any atom is 0.408 e. The topological polar surface area (TPSA) is 73.9 Å². The highest BCUT2D eigenvalue weighted by Crippen LogP contribution is 2.54. The van der Waals surface area contributed by atoms with Gasteiger partial charge >= 0.3 is 13.7 Å². The number of hydrogen-bond donors (Lipinski definition) is 1. The molecule has 0 radical (unpaired) electrons. The van der Waals surface area contributed by atoms with Gasteiger partial charge in [0.15, 0.2) is 0 Å². The van der Waals surface area contributed by atoms with Crippen LogP contribution in [0.4, 0.5) is 4.79 Å². The highest BCUT2D eigenvalue weighted by molar-refractivity contribution is 7.54. The lowest BCUT2D eigenvalue weighted by Crippen LogP contribution is -2.37. The molecule has 0 spiro atoms. The molecule has 4 aromatic carbocycles. The Kier molecular flexibility index (Phi) is 9.67. The zero-order chi connectivity index (χ0) is 25.8. The van der Waals surface area contributed by atoms with E-state index < -0.39 is 19.5 Å². The third-order valence-corrected chi connectivity index (χ3v) is 7.71. The first kappa shape index (κ1) is 26.4. The molecule has 37 heavy (non-hydrogen) atoms. The molecule has 1 N–H and O–H groups in total. The van der Waals surface area contributed by atoms with Crippen LogP contribution in [0.5, 0.6) is 0 Å². The van der Waals surface area contributed by atoms with Crippen LogP contribution in [0.1, 0.15) is 22.3 Å². The van der Waals surface area contributed by atoms with E-state index in [9.17, 15) is 9.36 Å². The predicted octanol–water partition coefficient (Wildman–Crippen LogP) is 7.11. The van der Waals surface area contributed by atoms with Gasteiger partial charge in [-0.15, -0.1) is 0 Å². The van der Waals surface area contributed by atoms with Gasteiger partial charge in [0.05, 0.1) is 13.2 Å². The highest BCUT2D eigenvalue weighted by Gasteiger charge is 2.38. The van der Waals surface area contributed by atoms with Crippen molar-refractivity contribution in [2.24, 2.45) is 0 Å². The Labute approximate surface area is 217 Å². The van der Waals surface area contributed by atoms with Crippen molar-refractivity contribution in [3.05, 3.63) is 144 Å². The van der Waals surface area contributed by atoms with Crippen LogP contribution in [0.3, 0.4) is 0 Å². The van der Waals surface area contributed by atoms with Crippen LogP contribution in [0.2, 0.25) is 0 Å². The molecule has 6 nitrogen and oxygen atoms in total. The molecule has 0 aliphatic rings. The summed E-state index contributed by atoms with van der Waals surface area (Å²) in [6.45, 7) is 0.225. The Hall–Kier alpha value is -3.70. The van der Waals surface area contributed by atoms with E-state index in [0.717, 1.165) is 22.3 Å². The number of benzene rings is 4. The van der Waals surface area contributed by atoms with Gasteiger partial charge in [0.2, 0.25) is 0 Å². The van der Waals surface area contributed by atoms with Gasteiger partial charge in [-0.1, -0.05) is 121 Å². The molecule has 0 aliphatic heterocycles. The van der Waals surface area contributed by atoms with Gasteiger partial charge in [0, 0.05) is 6.42 Å². The number of alkyl carbamates (subject to hydrolysis) is 1. The third kappa shape index (κ3) is 8.43. The van der Waals surface area contributed by atoms with Gasteiger partial charge in [-0.2, -0.15) is 0 Å². The molecule has 0 saturated carbocycles. The largest absolute Gasteiger partial charge is 0.445 e. The Morgan fingerprint density at radius 2 is 0.973 bits per heavy atom. The summed E-state index contributed by atoms with van der Waals surface area (Å²) in [7, 11) is -3.89. The molecule has 190 valence electrons. The van der Waals surface area contributed by atoms with Crippen LogP contribution >= 0.6 is 7.60 Å². The van der Waals surface area contributed by atoms with Crippen molar-refractivity contribution in [3.8, 4) is 0 Å². The van der Waals surface area contributed by atoms with E-state index in [1.807, 2.05) is 121 Å². The van der Waals surface area contributed by atoms with Crippen LogP contribution in [-0.2, 0) is 44.6 Å². The number of rotatable bonds is 12. The van der Waals surface area contributed by atoms with E-state index >= 15 is 0 Å². The highest BCUT2D eigenvalue weighted by atomic mass is 31.2. The molecule has 0 heterocycles. The average molecular weight is 516 g/mol. The Morgan fingerprint density at radius 1 is 0.595 bits per heavy atom. The summed E-state index contributed by atoms with van der Waals surface area (Å²) in [5.74, 6) is -0.967. The fraction of sp³-hybridized carbons (Fsp3) is 0.167. The summed E-state index contributed by atoms with van der Waals surface area (Å²) in [6, 6.07) is 37.7.